The third-order valence-corrected chi connectivity index (χ3v) is 4.65. The number of nitrogens with zero attached hydrogens (tertiary/aromatic N) is 2. The molecule has 0 aromatic heterocycles. The van der Waals surface area contributed by atoms with Crippen LogP contribution >= 0.6 is 0 Å². The summed E-state index contributed by atoms with van der Waals surface area (Å²) >= 11 is 0. The van der Waals surface area contributed by atoms with Crippen molar-refractivity contribution in [2.45, 2.75) is 6.92 Å². The summed E-state index contributed by atoms with van der Waals surface area (Å²) in [6.07, 6.45) is 6.16. The van der Waals surface area contributed by atoms with E-state index in [-0.39, 0.29) is 0 Å². The first-order chi connectivity index (χ1) is 13.3. The lowest BCUT2D eigenvalue weighted by molar-refractivity contribution is 1.06. The molecular formula is C25H22N2. The van der Waals surface area contributed by atoms with Crippen molar-refractivity contribution in [2.75, 3.05) is 9.80 Å². The molecule has 0 unspecified atom stereocenters. The number of hydrogen-bond donors (Lipinski definition) is 0. The largest absolute Gasteiger partial charge is 0.306 e. The third-order valence-electron chi connectivity index (χ3n) is 4.65. The second-order valence-corrected chi connectivity index (χ2v) is 6.31. The molecule has 1 heterocycles. The molecule has 1 aliphatic rings. The highest BCUT2D eigenvalue weighted by molar-refractivity contribution is 5.90. The van der Waals surface area contributed by atoms with Gasteiger partial charge in [0.1, 0.15) is 0 Å². The van der Waals surface area contributed by atoms with Crippen LogP contribution in [0.5, 0.6) is 0 Å². The summed E-state index contributed by atoms with van der Waals surface area (Å²) in [5.41, 5.74) is 6.68. The minimum Gasteiger partial charge on any atom is -0.306 e. The van der Waals surface area contributed by atoms with E-state index in [0.29, 0.717) is 0 Å². The summed E-state index contributed by atoms with van der Waals surface area (Å²) in [5.74, 6) is 0. The van der Waals surface area contributed by atoms with E-state index in [1.54, 1.807) is 0 Å². The van der Waals surface area contributed by atoms with Gasteiger partial charge in [-0.15, -0.1) is 0 Å². The fraction of sp³-hybridized carbons (Fsp3) is 0.0400. The Bertz CT molecular complexity index is 1000. The number of anilines is 4. The van der Waals surface area contributed by atoms with Crippen molar-refractivity contribution in [3.05, 3.63) is 121 Å². The van der Waals surface area contributed by atoms with Gasteiger partial charge in [-0.25, -0.2) is 0 Å². The molecule has 4 rings (SSSR count). The highest BCUT2D eigenvalue weighted by Gasteiger charge is 2.29. The molecule has 3 aromatic carbocycles. The Balaban J connectivity index is 2.03. The lowest BCUT2D eigenvalue weighted by atomic mass is 10.0. The van der Waals surface area contributed by atoms with Crippen molar-refractivity contribution in [3.63, 3.8) is 0 Å². The standard InChI is InChI=1S/C25H22N2/c1-3-13-23-22(4-2)26(20-14-7-5-8-15-20)24-18-11-12-19-25(24)27(23)21-16-9-6-10-17-21/h3-19H,2H2,1H3/b13-3-. The molecule has 0 amide bonds. The molecule has 0 spiro atoms. The summed E-state index contributed by atoms with van der Waals surface area (Å²) in [4.78, 5) is 4.57. The molecule has 0 radical (unpaired) electrons. The molecule has 132 valence electrons. The average Bonchev–Trinajstić information content (AvgIpc) is 2.74. The Kier molecular flexibility index (Phi) is 4.63. The molecule has 2 nitrogen and oxygen atoms in total. The van der Waals surface area contributed by atoms with Crippen molar-refractivity contribution in [2.24, 2.45) is 0 Å². The van der Waals surface area contributed by atoms with Crippen molar-refractivity contribution in [3.8, 4) is 0 Å². The van der Waals surface area contributed by atoms with Crippen LogP contribution in [0.25, 0.3) is 0 Å². The maximum Gasteiger partial charge on any atom is 0.0703 e. The molecular weight excluding hydrogens is 328 g/mol. The SMILES string of the molecule is C=CC1=C(/C=C\C)N(c2ccccc2)c2ccccc2N1c1ccccc1. The zero-order valence-corrected chi connectivity index (χ0v) is 15.4. The molecule has 0 saturated heterocycles. The van der Waals surface area contributed by atoms with Crippen molar-refractivity contribution in [1.82, 2.24) is 0 Å². The van der Waals surface area contributed by atoms with Crippen LogP contribution in [0.4, 0.5) is 22.7 Å². The van der Waals surface area contributed by atoms with E-state index in [9.17, 15) is 0 Å². The predicted octanol–water partition coefficient (Wildman–Crippen LogP) is 6.95. The molecule has 3 aromatic rings. The molecule has 0 fully saturated rings. The molecule has 27 heavy (non-hydrogen) atoms. The van der Waals surface area contributed by atoms with Gasteiger partial charge in [-0.3, -0.25) is 0 Å². The van der Waals surface area contributed by atoms with Crippen LogP contribution in [0.2, 0.25) is 0 Å². The third kappa shape index (κ3) is 2.96. The molecule has 2 heteroatoms. The van der Waals surface area contributed by atoms with Crippen LogP contribution in [-0.4, -0.2) is 0 Å². The number of benzene rings is 3. The van der Waals surface area contributed by atoms with E-state index in [1.807, 2.05) is 25.1 Å². The minimum absolute atomic E-state index is 1.06. The van der Waals surface area contributed by atoms with E-state index in [1.165, 1.54) is 0 Å². The monoisotopic (exact) mass is 350 g/mol. The topological polar surface area (TPSA) is 6.48 Å². The smallest absolute Gasteiger partial charge is 0.0703 e. The Hall–Kier alpha value is -3.52. The van der Waals surface area contributed by atoms with Gasteiger partial charge in [0.25, 0.3) is 0 Å². The molecule has 1 aliphatic heterocycles. The maximum atomic E-state index is 4.13. The number of allylic oxidation sites excluding steroid dienone is 3. The fourth-order valence-corrected chi connectivity index (χ4v) is 3.56. The quantitative estimate of drug-likeness (QED) is 0.502. The van der Waals surface area contributed by atoms with Gasteiger partial charge in [0.15, 0.2) is 0 Å². The van der Waals surface area contributed by atoms with E-state index >= 15 is 0 Å². The highest BCUT2D eigenvalue weighted by Crippen LogP contribution is 2.47. The van der Waals surface area contributed by atoms with E-state index in [0.717, 1.165) is 34.1 Å². The zero-order valence-electron chi connectivity index (χ0n) is 15.4. The predicted molar refractivity (Wildman–Crippen MR) is 116 cm³/mol. The number of para-hydroxylation sites is 4. The summed E-state index contributed by atoms with van der Waals surface area (Å²) in [6.45, 7) is 6.18. The first-order valence-electron chi connectivity index (χ1n) is 9.14. The Morgan fingerprint density at radius 3 is 1.52 bits per heavy atom. The zero-order chi connectivity index (χ0) is 18.6. The van der Waals surface area contributed by atoms with Gasteiger partial charge in [0.2, 0.25) is 0 Å². The Morgan fingerprint density at radius 2 is 1.07 bits per heavy atom. The Morgan fingerprint density at radius 1 is 0.630 bits per heavy atom. The molecule has 0 atom stereocenters. The first-order valence-corrected chi connectivity index (χ1v) is 9.14. The second kappa shape index (κ2) is 7.38. The lowest BCUT2D eigenvalue weighted by Crippen LogP contribution is -2.30. The maximum absolute atomic E-state index is 4.13. The van der Waals surface area contributed by atoms with Gasteiger partial charge in [0, 0.05) is 11.4 Å². The second-order valence-electron chi connectivity index (χ2n) is 6.31. The van der Waals surface area contributed by atoms with Crippen molar-refractivity contribution in [1.29, 1.82) is 0 Å². The van der Waals surface area contributed by atoms with Gasteiger partial charge in [0.05, 0.1) is 22.8 Å². The van der Waals surface area contributed by atoms with Crippen LogP contribution in [-0.2, 0) is 0 Å². The summed E-state index contributed by atoms with van der Waals surface area (Å²) < 4.78 is 0. The number of rotatable bonds is 4. The van der Waals surface area contributed by atoms with Gasteiger partial charge < -0.3 is 9.80 Å². The van der Waals surface area contributed by atoms with Crippen molar-refractivity contribution < 1.29 is 0 Å². The molecule has 0 bridgehead atoms. The average molecular weight is 350 g/mol. The lowest BCUT2D eigenvalue weighted by Gasteiger charge is -2.40. The number of fused-ring (bicyclic) bond motifs is 1. The molecule has 0 aliphatic carbocycles. The number of hydrogen-bond acceptors (Lipinski definition) is 2. The van der Waals surface area contributed by atoms with Gasteiger partial charge >= 0.3 is 0 Å². The van der Waals surface area contributed by atoms with Crippen LogP contribution in [0.3, 0.4) is 0 Å². The van der Waals surface area contributed by atoms with E-state index < -0.39 is 0 Å². The normalized spacial score (nSPS) is 13.8. The summed E-state index contributed by atoms with van der Waals surface area (Å²) in [6, 6.07) is 29.4. The summed E-state index contributed by atoms with van der Waals surface area (Å²) in [5, 5.41) is 0. The van der Waals surface area contributed by atoms with Crippen LogP contribution in [0, 0.1) is 0 Å². The summed E-state index contributed by atoms with van der Waals surface area (Å²) in [7, 11) is 0. The van der Waals surface area contributed by atoms with Crippen LogP contribution in [0.15, 0.2) is 121 Å². The molecule has 0 N–H and O–H groups in total. The van der Waals surface area contributed by atoms with Crippen LogP contribution < -0.4 is 9.80 Å². The van der Waals surface area contributed by atoms with E-state index in [2.05, 4.69) is 101 Å². The first kappa shape index (κ1) is 16.9. The van der Waals surface area contributed by atoms with Gasteiger partial charge in [-0.05, 0) is 55.5 Å². The molecule has 0 saturated carbocycles. The van der Waals surface area contributed by atoms with E-state index in [4.69, 9.17) is 0 Å². The fourth-order valence-electron chi connectivity index (χ4n) is 3.56. The van der Waals surface area contributed by atoms with Crippen molar-refractivity contribution >= 4 is 22.7 Å². The van der Waals surface area contributed by atoms with Crippen LogP contribution in [0.1, 0.15) is 6.92 Å². The van der Waals surface area contributed by atoms with Gasteiger partial charge in [-0.2, -0.15) is 0 Å². The van der Waals surface area contributed by atoms with Gasteiger partial charge in [-0.1, -0.05) is 61.2 Å². The highest BCUT2D eigenvalue weighted by atomic mass is 15.3. The Labute approximate surface area is 161 Å². The minimum atomic E-state index is 1.06.